The molecule has 3 heteroatoms. The summed E-state index contributed by atoms with van der Waals surface area (Å²) in [5, 5.41) is 14.1. The minimum absolute atomic E-state index is 0.191. The van der Waals surface area contributed by atoms with Gasteiger partial charge in [-0.05, 0) is 12.1 Å². The summed E-state index contributed by atoms with van der Waals surface area (Å²) in [5.41, 5.74) is 0.0125. The van der Waals surface area contributed by atoms with Crippen LogP contribution in [0, 0.1) is 11.8 Å². The molecule has 0 bridgehead atoms. The molecule has 1 aliphatic heterocycles. The first-order chi connectivity index (χ1) is 7.15. The molecule has 0 saturated carbocycles. The largest absolute Gasteiger partial charge is 0.383 e. The van der Waals surface area contributed by atoms with Crippen LogP contribution in [-0.2, 0) is 5.60 Å². The topological polar surface area (TPSA) is 45.1 Å². The van der Waals surface area contributed by atoms with E-state index < -0.39 is 5.60 Å². The number of hydrogen-bond acceptors (Lipinski definition) is 3. The van der Waals surface area contributed by atoms with E-state index in [0.717, 1.165) is 18.8 Å². The Morgan fingerprint density at radius 2 is 2.00 bits per heavy atom. The molecular formula is C12H18N2O. The molecule has 0 radical (unpaired) electrons. The molecule has 2 rings (SSSR count). The maximum atomic E-state index is 10.8. The Morgan fingerprint density at radius 3 is 2.53 bits per heavy atom. The number of hydrogen-bond donors (Lipinski definition) is 2. The van der Waals surface area contributed by atoms with Crippen LogP contribution in [0.2, 0.25) is 0 Å². The van der Waals surface area contributed by atoms with Crippen molar-refractivity contribution >= 4 is 0 Å². The van der Waals surface area contributed by atoms with E-state index in [0.29, 0.717) is 0 Å². The smallest absolute Gasteiger partial charge is 0.114 e. The first kappa shape index (κ1) is 10.6. The van der Waals surface area contributed by atoms with Gasteiger partial charge in [0.15, 0.2) is 0 Å². The number of nitrogens with zero attached hydrogens (tertiary/aromatic N) is 1. The normalized spacial score (nSPS) is 36.5. The van der Waals surface area contributed by atoms with Crippen LogP contribution in [0.1, 0.15) is 19.5 Å². The number of aliphatic hydroxyl groups is 1. The molecule has 15 heavy (non-hydrogen) atoms. The van der Waals surface area contributed by atoms with Crippen LogP contribution >= 0.6 is 0 Å². The zero-order chi connectivity index (χ0) is 10.9. The fourth-order valence-corrected chi connectivity index (χ4v) is 2.42. The zero-order valence-corrected chi connectivity index (χ0v) is 9.27. The summed E-state index contributed by atoms with van der Waals surface area (Å²) < 4.78 is 0. The van der Waals surface area contributed by atoms with Gasteiger partial charge >= 0.3 is 0 Å². The van der Waals surface area contributed by atoms with E-state index in [4.69, 9.17) is 0 Å². The van der Waals surface area contributed by atoms with Crippen molar-refractivity contribution in [2.75, 3.05) is 13.1 Å². The van der Waals surface area contributed by atoms with Gasteiger partial charge in [-0.25, -0.2) is 0 Å². The number of nitrogens with one attached hydrogen (secondary N) is 1. The second kappa shape index (κ2) is 3.91. The lowest BCUT2D eigenvalue weighted by Gasteiger charge is -2.43. The molecule has 1 aliphatic rings. The van der Waals surface area contributed by atoms with Crippen molar-refractivity contribution in [1.82, 2.24) is 10.3 Å². The summed E-state index contributed by atoms with van der Waals surface area (Å²) in [7, 11) is 0. The Morgan fingerprint density at radius 1 is 1.33 bits per heavy atom. The lowest BCUT2D eigenvalue weighted by atomic mass is 9.73. The summed E-state index contributed by atoms with van der Waals surface area (Å²) in [6.07, 6.45) is 1.74. The predicted molar refractivity (Wildman–Crippen MR) is 59.3 cm³/mol. The summed E-state index contributed by atoms with van der Waals surface area (Å²) in [4.78, 5) is 4.30. The molecule has 1 aromatic heterocycles. The van der Waals surface area contributed by atoms with Crippen molar-refractivity contribution in [2.45, 2.75) is 19.4 Å². The monoisotopic (exact) mass is 206 g/mol. The lowest BCUT2D eigenvalue weighted by molar-refractivity contribution is -0.0840. The van der Waals surface area contributed by atoms with Crippen molar-refractivity contribution in [3.63, 3.8) is 0 Å². The third-order valence-corrected chi connectivity index (χ3v) is 3.48. The maximum absolute atomic E-state index is 10.8. The zero-order valence-electron chi connectivity index (χ0n) is 9.27. The highest BCUT2D eigenvalue weighted by molar-refractivity contribution is 5.17. The molecule has 3 atom stereocenters. The van der Waals surface area contributed by atoms with Gasteiger partial charge in [-0.2, -0.15) is 0 Å². The lowest BCUT2D eigenvalue weighted by Crippen LogP contribution is -2.53. The van der Waals surface area contributed by atoms with Gasteiger partial charge in [0.05, 0.1) is 5.69 Å². The third kappa shape index (κ3) is 1.66. The van der Waals surface area contributed by atoms with Crippen molar-refractivity contribution in [3.05, 3.63) is 30.1 Å². The van der Waals surface area contributed by atoms with E-state index in [1.54, 1.807) is 6.20 Å². The van der Waals surface area contributed by atoms with Crippen LogP contribution in [0.15, 0.2) is 24.4 Å². The molecule has 0 amide bonds. The van der Waals surface area contributed by atoms with Gasteiger partial charge in [0.2, 0.25) is 0 Å². The highest BCUT2D eigenvalue weighted by Crippen LogP contribution is 2.37. The van der Waals surface area contributed by atoms with E-state index in [1.807, 2.05) is 18.2 Å². The molecule has 82 valence electrons. The summed E-state index contributed by atoms with van der Waals surface area (Å²) in [5.74, 6) is 0.382. The first-order valence-electron chi connectivity index (χ1n) is 5.50. The highest BCUT2D eigenvalue weighted by atomic mass is 16.3. The average Bonchev–Trinajstić information content (AvgIpc) is 2.27. The summed E-state index contributed by atoms with van der Waals surface area (Å²) >= 11 is 0. The van der Waals surface area contributed by atoms with Crippen LogP contribution in [-0.4, -0.2) is 23.2 Å². The summed E-state index contributed by atoms with van der Waals surface area (Å²) in [6.45, 7) is 5.82. The standard InChI is InChI=1S/C12H18N2O/c1-9-7-13-8-10(2)12(9,15)11-5-3-4-6-14-11/h3-6,9-10,13,15H,7-8H2,1-2H3/t9-,10+,12-. The van der Waals surface area contributed by atoms with Crippen molar-refractivity contribution in [3.8, 4) is 0 Å². The van der Waals surface area contributed by atoms with Gasteiger partial charge in [-0.1, -0.05) is 19.9 Å². The van der Waals surface area contributed by atoms with Crippen LogP contribution < -0.4 is 5.32 Å². The van der Waals surface area contributed by atoms with E-state index in [2.05, 4.69) is 24.1 Å². The quantitative estimate of drug-likeness (QED) is 0.724. The predicted octanol–water partition coefficient (Wildman–Crippen LogP) is 1.14. The Kier molecular flexibility index (Phi) is 2.76. The Labute approximate surface area is 90.5 Å². The molecule has 1 aromatic rings. The molecule has 1 fully saturated rings. The third-order valence-electron chi connectivity index (χ3n) is 3.48. The molecule has 0 aromatic carbocycles. The molecule has 0 spiro atoms. The van der Waals surface area contributed by atoms with Gasteiger partial charge in [-0.3, -0.25) is 4.98 Å². The molecular weight excluding hydrogens is 188 g/mol. The van der Waals surface area contributed by atoms with Crippen LogP contribution in [0.5, 0.6) is 0 Å². The van der Waals surface area contributed by atoms with Crippen LogP contribution in [0.4, 0.5) is 0 Å². The molecule has 0 unspecified atom stereocenters. The second-order valence-corrected chi connectivity index (χ2v) is 4.50. The van der Waals surface area contributed by atoms with Crippen LogP contribution in [0.25, 0.3) is 0 Å². The van der Waals surface area contributed by atoms with Crippen molar-refractivity contribution < 1.29 is 5.11 Å². The van der Waals surface area contributed by atoms with E-state index in [1.165, 1.54) is 0 Å². The highest BCUT2D eigenvalue weighted by Gasteiger charge is 2.44. The summed E-state index contributed by atoms with van der Waals surface area (Å²) in [6, 6.07) is 5.73. The van der Waals surface area contributed by atoms with E-state index >= 15 is 0 Å². The van der Waals surface area contributed by atoms with E-state index in [9.17, 15) is 5.11 Å². The number of piperidine rings is 1. The Balaban J connectivity index is 2.38. The van der Waals surface area contributed by atoms with Gasteiger partial charge in [0.1, 0.15) is 5.60 Å². The molecule has 2 N–H and O–H groups in total. The van der Waals surface area contributed by atoms with Gasteiger partial charge < -0.3 is 10.4 Å². The second-order valence-electron chi connectivity index (χ2n) is 4.50. The van der Waals surface area contributed by atoms with Crippen LogP contribution in [0.3, 0.4) is 0 Å². The molecule has 2 heterocycles. The molecule has 1 saturated heterocycles. The van der Waals surface area contributed by atoms with Gasteiger partial charge in [-0.15, -0.1) is 0 Å². The van der Waals surface area contributed by atoms with Gasteiger partial charge in [0.25, 0.3) is 0 Å². The minimum atomic E-state index is -0.785. The van der Waals surface area contributed by atoms with Crippen molar-refractivity contribution in [2.24, 2.45) is 11.8 Å². The number of rotatable bonds is 1. The number of pyridine rings is 1. The Bertz CT molecular complexity index is 316. The molecule has 0 aliphatic carbocycles. The fourth-order valence-electron chi connectivity index (χ4n) is 2.42. The van der Waals surface area contributed by atoms with Crippen molar-refractivity contribution in [1.29, 1.82) is 0 Å². The average molecular weight is 206 g/mol. The fraction of sp³-hybridized carbons (Fsp3) is 0.583. The first-order valence-corrected chi connectivity index (χ1v) is 5.50. The Hall–Kier alpha value is -0.930. The number of aromatic nitrogens is 1. The minimum Gasteiger partial charge on any atom is -0.383 e. The van der Waals surface area contributed by atoms with E-state index in [-0.39, 0.29) is 11.8 Å². The SMILES string of the molecule is C[C@@H]1CNC[C@H](C)[C@@]1(O)c1ccccn1. The molecule has 3 nitrogen and oxygen atoms in total. The maximum Gasteiger partial charge on any atom is 0.114 e. The van der Waals surface area contributed by atoms with Gasteiger partial charge in [0, 0.05) is 31.1 Å².